The Morgan fingerprint density at radius 1 is 1.50 bits per heavy atom. The Balaban J connectivity index is 1.92. The summed E-state index contributed by atoms with van der Waals surface area (Å²) in [5.74, 6) is -0.681. The molecule has 0 aliphatic carbocycles. The molecule has 1 aromatic rings. The van der Waals surface area contributed by atoms with Crippen LogP contribution >= 0.6 is 0 Å². The summed E-state index contributed by atoms with van der Waals surface area (Å²) in [7, 11) is 0. The molecule has 1 aromatic carbocycles. The van der Waals surface area contributed by atoms with E-state index in [0.717, 1.165) is 19.4 Å². The fourth-order valence-electron chi connectivity index (χ4n) is 2.30. The van der Waals surface area contributed by atoms with Gasteiger partial charge in [-0.25, -0.2) is 4.39 Å². The van der Waals surface area contributed by atoms with E-state index in [0.29, 0.717) is 18.7 Å². The number of ether oxygens (including phenoxy) is 1. The van der Waals surface area contributed by atoms with Gasteiger partial charge in [0.1, 0.15) is 5.82 Å². The van der Waals surface area contributed by atoms with Gasteiger partial charge < -0.3 is 21.0 Å². The molecule has 1 atom stereocenters. The van der Waals surface area contributed by atoms with Crippen molar-refractivity contribution in [1.82, 2.24) is 5.32 Å². The van der Waals surface area contributed by atoms with Gasteiger partial charge in [-0.3, -0.25) is 0 Å². The highest BCUT2D eigenvalue weighted by molar-refractivity contribution is 5.97. The topological polar surface area (TPSA) is 79.9 Å². The average Bonchev–Trinajstić information content (AvgIpc) is 2.49. The lowest BCUT2D eigenvalue weighted by molar-refractivity contribution is 0.0167. The molecule has 0 aromatic heterocycles. The summed E-state index contributed by atoms with van der Waals surface area (Å²) in [5.41, 5.74) is 6.03. The summed E-state index contributed by atoms with van der Waals surface area (Å²) in [5, 5.41) is 14.6. The van der Waals surface area contributed by atoms with Crippen molar-refractivity contribution in [2.24, 2.45) is 10.9 Å². The van der Waals surface area contributed by atoms with E-state index < -0.39 is 5.82 Å². The van der Waals surface area contributed by atoms with Gasteiger partial charge in [-0.2, -0.15) is 0 Å². The third-order valence-electron chi connectivity index (χ3n) is 3.42. The summed E-state index contributed by atoms with van der Waals surface area (Å²) in [4.78, 5) is 0. The molecule has 0 saturated carbocycles. The molecule has 110 valence electrons. The molecular formula is C14H20FN3O2. The van der Waals surface area contributed by atoms with Gasteiger partial charge in [-0.15, -0.1) is 0 Å². The first-order chi connectivity index (χ1) is 9.72. The summed E-state index contributed by atoms with van der Waals surface area (Å²) >= 11 is 0. The predicted molar refractivity (Wildman–Crippen MR) is 74.2 cm³/mol. The van der Waals surface area contributed by atoms with Crippen LogP contribution in [0.4, 0.5) is 4.39 Å². The van der Waals surface area contributed by atoms with E-state index in [-0.39, 0.29) is 17.5 Å². The van der Waals surface area contributed by atoms with Crippen LogP contribution in [0.2, 0.25) is 0 Å². The molecule has 0 bridgehead atoms. The second kappa shape index (κ2) is 7.21. The highest BCUT2D eigenvalue weighted by atomic mass is 19.1. The van der Waals surface area contributed by atoms with Crippen LogP contribution in [0.5, 0.6) is 0 Å². The monoisotopic (exact) mass is 281 g/mol. The first-order valence-electron chi connectivity index (χ1n) is 6.80. The van der Waals surface area contributed by atoms with E-state index in [1.807, 2.05) is 0 Å². The minimum Gasteiger partial charge on any atom is -0.409 e. The van der Waals surface area contributed by atoms with Crippen molar-refractivity contribution in [1.29, 1.82) is 0 Å². The van der Waals surface area contributed by atoms with Gasteiger partial charge in [0, 0.05) is 25.3 Å². The van der Waals surface area contributed by atoms with Gasteiger partial charge in [0.15, 0.2) is 5.84 Å². The van der Waals surface area contributed by atoms with E-state index >= 15 is 0 Å². The molecule has 1 aliphatic rings. The molecule has 1 fully saturated rings. The first kappa shape index (κ1) is 14.7. The Hall–Kier alpha value is -1.66. The van der Waals surface area contributed by atoms with Crippen LogP contribution in [0.1, 0.15) is 30.4 Å². The van der Waals surface area contributed by atoms with E-state index in [1.165, 1.54) is 12.5 Å². The number of amidine groups is 1. The molecule has 1 unspecified atom stereocenters. The summed E-state index contributed by atoms with van der Waals surface area (Å²) in [6, 6.07) is 4.85. The molecular weight excluding hydrogens is 261 g/mol. The molecule has 0 radical (unpaired) electrons. The zero-order chi connectivity index (χ0) is 14.4. The van der Waals surface area contributed by atoms with Gasteiger partial charge in [-0.05, 0) is 25.3 Å². The standard InChI is InChI=1S/C14H20FN3O2/c15-13-10(4-3-6-12(13)14(16)18-19)8-17-9-11-5-1-2-7-20-11/h3-4,6,11,17,19H,1-2,5,7-9H2,(H2,16,18). The molecule has 0 spiro atoms. The largest absolute Gasteiger partial charge is 0.409 e. The van der Waals surface area contributed by atoms with Crippen LogP contribution in [0.15, 0.2) is 23.4 Å². The van der Waals surface area contributed by atoms with Crippen LogP contribution < -0.4 is 11.1 Å². The number of rotatable bonds is 5. The maximum absolute atomic E-state index is 14.1. The SMILES string of the molecule is N/C(=N/O)c1cccc(CNCC2CCCCO2)c1F. The summed E-state index contributed by atoms with van der Waals surface area (Å²) in [6.07, 6.45) is 3.55. The zero-order valence-electron chi connectivity index (χ0n) is 11.3. The fourth-order valence-corrected chi connectivity index (χ4v) is 2.30. The number of benzene rings is 1. The smallest absolute Gasteiger partial charge is 0.173 e. The number of nitrogens with two attached hydrogens (primary N) is 1. The number of oxime groups is 1. The highest BCUT2D eigenvalue weighted by Gasteiger charge is 2.14. The Labute approximate surface area is 117 Å². The van der Waals surface area contributed by atoms with Crippen LogP contribution in [-0.2, 0) is 11.3 Å². The second-order valence-electron chi connectivity index (χ2n) is 4.88. The van der Waals surface area contributed by atoms with Gasteiger partial charge >= 0.3 is 0 Å². The van der Waals surface area contributed by atoms with Crippen molar-refractivity contribution >= 4 is 5.84 Å². The molecule has 6 heteroatoms. The Kier molecular flexibility index (Phi) is 5.31. The van der Waals surface area contributed by atoms with Crippen LogP contribution in [-0.4, -0.2) is 30.3 Å². The van der Waals surface area contributed by atoms with Crippen molar-refractivity contribution in [2.75, 3.05) is 13.2 Å². The van der Waals surface area contributed by atoms with Crippen molar-refractivity contribution < 1.29 is 14.3 Å². The van der Waals surface area contributed by atoms with Crippen LogP contribution in [0.3, 0.4) is 0 Å². The Bertz CT molecular complexity index is 473. The number of hydrogen-bond donors (Lipinski definition) is 3. The molecule has 2 rings (SSSR count). The third kappa shape index (κ3) is 3.68. The quantitative estimate of drug-likeness (QED) is 0.331. The molecule has 1 aliphatic heterocycles. The molecule has 0 amide bonds. The third-order valence-corrected chi connectivity index (χ3v) is 3.42. The molecule has 1 saturated heterocycles. The lowest BCUT2D eigenvalue weighted by atomic mass is 10.1. The first-order valence-corrected chi connectivity index (χ1v) is 6.80. The number of nitrogens with one attached hydrogen (secondary N) is 1. The van der Waals surface area contributed by atoms with E-state index in [1.54, 1.807) is 12.1 Å². The average molecular weight is 281 g/mol. The Morgan fingerprint density at radius 3 is 3.05 bits per heavy atom. The van der Waals surface area contributed by atoms with Gasteiger partial charge in [-0.1, -0.05) is 17.3 Å². The van der Waals surface area contributed by atoms with Crippen molar-refractivity contribution in [3.8, 4) is 0 Å². The summed E-state index contributed by atoms with van der Waals surface area (Å²) in [6.45, 7) is 1.89. The minimum absolute atomic E-state index is 0.112. The second-order valence-corrected chi connectivity index (χ2v) is 4.88. The van der Waals surface area contributed by atoms with Gasteiger partial charge in [0.05, 0.1) is 11.7 Å². The summed E-state index contributed by atoms with van der Waals surface area (Å²) < 4.78 is 19.7. The Morgan fingerprint density at radius 2 is 2.35 bits per heavy atom. The fraction of sp³-hybridized carbons (Fsp3) is 0.500. The minimum atomic E-state index is -0.458. The maximum atomic E-state index is 14.1. The predicted octanol–water partition coefficient (Wildman–Crippen LogP) is 1.58. The van der Waals surface area contributed by atoms with E-state index in [2.05, 4.69) is 10.5 Å². The van der Waals surface area contributed by atoms with Crippen LogP contribution in [0.25, 0.3) is 0 Å². The number of hydrogen-bond acceptors (Lipinski definition) is 4. The molecule has 1 heterocycles. The molecule has 20 heavy (non-hydrogen) atoms. The van der Waals surface area contributed by atoms with Crippen molar-refractivity contribution in [2.45, 2.75) is 31.9 Å². The van der Waals surface area contributed by atoms with Gasteiger partial charge in [0.25, 0.3) is 0 Å². The maximum Gasteiger partial charge on any atom is 0.173 e. The molecule has 4 N–H and O–H groups in total. The molecule has 5 nitrogen and oxygen atoms in total. The normalized spacial score (nSPS) is 20.1. The van der Waals surface area contributed by atoms with Gasteiger partial charge in [0.2, 0.25) is 0 Å². The zero-order valence-corrected chi connectivity index (χ0v) is 11.3. The lowest BCUT2D eigenvalue weighted by Crippen LogP contribution is -2.31. The number of nitrogens with zero attached hydrogens (tertiary/aromatic N) is 1. The van der Waals surface area contributed by atoms with E-state index in [9.17, 15) is 4.39 Å². The van der Waals surface area contributed by atoms with Crippen molar-refractivity contribution in [3.63, 3.8) is 0 Å². The lowest BCUT2D eigenvalue weighted by Gasteiger charge is -2.22. The van der Waals surface area contributed by atoms with Crippen molar-refractivity contribution in [3.05, 3.63) is 35.1 Å². The highest BCUT2D eigenvalue weighted by Crippen LogP contribution is 2.14. The van der Waals surface area contributed by atoms with E-state index in [4.69, 9.17) is 15.7 Å². The van der Waals surface area contributed by atoms with Crippen LogP contribution in [0, 0.1) is 5.82 Å². The number of halogens is 1.